The summed E-state index contributed by atoms with van der Waals surface area (Å²) in [5.41, 5.74) is 3.38. The van der Waals surface area contributed by atoms with Gasteiger partial charge in [-0.25, -0.2) is 0 Å². The predicted octanol–water partition coefficient (Wildman–Crippen LogP) is 3.89. The van der Waals surface area contributed by atoms with Crippen LogP contribution in [0.5, 0.6) is 5.75 Å². The number of nitrogens with zero attached hydrogens (tertiary/aromatic N) is 1. The highest BCUT2D eigenvalue weighted by atomic mass is 16.5. The van der Waals surface area contributed by atoms with Crippen LogP contribution in [0.4, 0.5) is 0 Å². The van der Waals surface area contributed by atoms with Crippen molar-refractivity contribution in [2.75, 3.05) is 13.7 Å². The molecular weight excluding hydrogens is 430 g/mol. The summed E-state index contributed by atoms with van der Waals surface area (Å²) in [6.07, 6.45) is 7.69. The lowest BCUT2D eigenvalue weighted by Gasteiger charge is -2.19. The van der Waals surface area contributed by atoms with E-state index >= 15 is 0 Å². The van der Waals surface area contributed by atoms with Crippen LogP contribution in [0.2, 0.25) is 0 Å². The Bertz CT molecular complexity index is 1140. The fourth-order valence-corrected chi connectivity index (χ4v) is 4.31. The van der Waals surface area contributed by atoms with Gasteiger partial charge in [0.25, 0.3) is 11.8 Å². The van der Waals surface area contributed by atoms with Crippen molar-refractivity contribution in [3.8, 4) is 16.9 Å². The molecule has 176 valence electrons. The lowest BCUT2D eigenvalue weighted by atomic mass is 10.0. The maximum Gasteiger partial charge on any atom is 0.255 e. The number of nitrogens with one attached hydrogen (secondary N) is 2. The summed E-state index contributed by atoms with van der Waals surface area (Å²) in [4.78, 5) is 29.8. The van der Waals surface area contributed by atoms with Crippen LogP contribution in [-0.4, -0.2) is 41.7 Å². The Morgan fingerprint density at radius 2 is 1.79 bits per heavy atom. The van der Waals surface area contributed by atoms with E-state index in [9.17, 15) is 14.7 Å². The second kappa shape index (κ2) is 10.9. The van der Waals surface area contributed by atoms with E-state index in [-0.39, 0.29) is 24.5 Å². The summed E-state index contributed by atoms with van der Waals surface area (Å²) in [7, 11) is 1.51. The van der Waals surface area contributed by atoms with Gasteiger partial charge in [-0.3, -0.25) is 14.6 Å². The fourth-order valence-electron chi connectivity index (χ4n) is 4.31. The third-order valence-corrected chi connectivity index (χ3v) is 6.19. The average molecular weight is 460 g/mol. The average Bonchev–Trinajstić information content (AvgIpc) is 3.40. The van der Waals surface area contributed by atoms with Gasteiger partial charge in [-0.05, 0) is 65.9 Å². The molecule has 7 nitrogen and oxygen atoms in total. The molecule has 1 aromatic heterocycles. The molecule has 1 fully saturated rings. The first kappa shape index (κ1) is 23.4. The van der Waals surface area contributed by atoms with Gasteiger partial charge in [0.15, 0.2) is 0 Å². The molecule has 1 atom stereocenters. The van der Waals surface area contributed by atoms with Crippen LogP contribution in [0.15, 0.2) is 67.0 Å². The SMILES string of the molecule is COc1cc(-c2ccncc2)ccc1C(=O)N[C@H](CO)c1cccc(C(=O)NC2CCCC2)c1. The quantitative estimate of drug-likeness (QED) is 0.474. The minimum atomic E-state index is -0.670. The van der Waals surface area contributed by atoms with Crippen molar-refractivity contribution in [1.82, 2.24) is 15.6 Å². The maximum absolute atomic E-state index is 13.1. The number of pyridine rings is 1. The second-order valence-corrected chi connectivity index (χ2v) is 8.44. The molecule has 4 rings (SSSR count). The molecule has 0 spiro atoms. The molecule has 1 heterocycles. The number of ether oxygens (including phenoxy) is 1. The van der Waals surface area contributed by atoms with Gasteiger partial charge >= 0.3 is 0 Å². The van der Waals surface area contributed by atoms with E-state index in [1.54, 1.807) is 48.8 Å². The Morgan fingerprint density at radius 3 is 2.50 bits per heavy atom. The number of aromatic nitrogens is 1. The van der Waals surface area contributed by atoms with Crippen molar-refractivity contribution in [2.24, 2.45) is 0 Å². The minimum Gasteiger partial charge on any atom is -0.496 e. The van der Waals surface area contributed by atoms with Gasteiger partial charge in [-0.15, -0.1) is 0 Å². The van der Waals surface area contributed by atoms with Gasteiger partial charge in [0.05, 0.1) is 25.3 Å². The third kappa shape index (κ3) is 5.43. The molecule has 1 saturated carbocycles. The van der Waals surface area contributed by atoms with Crippen LogP contribution < -0.4 is 15.4 Å². The molecule has 7 heteroatoms. The molecule has 0 aliphatic heterocycles. The van der Waals surface area contributed by atoms with E-state index < -0.39 is 6.04 Å². The summed E-state index contributed by atoms with van der Waals surface area (Å²) in [6, 6.07) is 15.7. The van der Waals surface area contributed by atoms with Crippen molar-refractivity contribution in [3.05, 3.63) is 83.7 Å². The Kier molecular flexibility index (Phi) is 7.54. The van der Waals surface area contributed by atoms with Crippen molar-refractivity contribution >= 4 is 11.8 Å². The van der Waals surface area contributed by atoms with E-state index in [2.05, 4.69) is 15.6 Å². The summed E-state index contributed by atoms with van der Waals surface area (Å²) in [6.45, 7) is -0.309. The second-order valence-electron chi connectivity index (χ2n) is 8.44. The van der Waals surface area contributed by atoms with Gasteiger partial charge in [0.2, 0.25) is 0 Å². The number of aliphatic hydroxyl groups excluding tert-OH is 1. The lowest BCUT2D eigenvalue weighted by molar-refractivity contribution is 0.0912. The van der Waals surface area contributed by atoms with Crippen molar-refractivity contribution in [1.29, 1.82) is 0 Å². The van der Waals surface area contributed by atoms with Gasteiger partial charge in [-0.2, -0.15) is 0 Å². The van der Waals surface area contributed by atoms with Crippen molar-refractivity contribution < 1.29 is 19.4 Å². The van der Waals surface area contributed by atoms with E-state index in [1.165, 1.54) is 7.11 Å². The number of benzene rings is 2. The van der Waals surface area contributed by atoms with Crippen LogP contribution in [0, 0.1) is 0 Å². The summed E-state index contributed by atoms with van der Waals surface area (Å²) in [5, 5.41) is 15.9. The van der Waals surface area contributed by atoms with Gasteiger partial charge in [-0.1, -0.05) is 31.0 Å². The molecule has 0 bridgehead atoms. The lowest BCUT2D eigenvalue weighted by Crippen LogP contribution is -2.33. The molecule has 0 saturated heterocycles. The topological polar surface area (TPSA) is 101 Å². The smallest absolute Gasteiger partial charge is 0.255 e. The molecule has 0 radical (unpaired) electrons. The van der Waals surface area contributed by atoms with Crippen LogP contribution >= 0.6 is 0 Å². The Labute approximate surface area is 199 Å². The zero-order valence-corrected chi connectivity index (χ0v) is 19.2. The molecule has 3 N–H and O–H groups in total. The van der Waals surface area contributed by atoms with Crippen molar-refractivity contribution in [3.63, 3.8) is 0 Å². The monoisotopic (exact) mass is 459 g/mol. The maximum atomic E-state index is 13.1. The Balaban J connectivity index is 1.50. The normalized spacial score (nSPS) is 14.4. The minimum absolute atomic E-state index is 0.134. The Morgan fingerprint density at radius 1 is 1.03 bits per heavy atom. The fraction of sp³-hybridized carbons (Fsp3) is 0.296. The van der Waals surface area contributed by atoms with Crippen molar-refractivity contribution in [2.45, 2.75) is 37.8 Å². The highest BCUT2D eigenvalue weighted by Gasteiger charge is 2.21. The van der Waals surface area contributed by atoms with E-state index in [0.29, 0.717) is 22.4 Å². The summed E-state index contributed by atoms with van der Waals surface area (Å²) < 4.78 is 5.47. The van der Waals surface area contributed by atoms with Crippen LogP contribution in [0.25, 0.3) is 11.1 Å². The first-order valence-corrected chi connectivity index (χ1v) is 11.5. The highest BCUT2D eigenvalue weighted by molar-refractivity contribution is 5.98. The molecular formula is C27H29N3O4. The number of rotatable bonds is 8. The molecule has 1 aliphatic carbocycles. The van der Waals surface area contributed by atoms with E-state index in [1.807, 2.05) is 18.2 Å². The summed E-state index contributed by atoms with van der Waals surface area (Å²) in [5.74, 6) is -0.0867. The largest absolute Gasteiger partial charge is 0.496 e. The zero-order valence-electron chi connectivity index (χ0n) is 19.2. The third-order valence-electron chi connectivity index (χ3n) is 6.19. The molecule has 2 aromatic carbocycles. The molecule has 34 heavy (non-hydrogen) atoms. The molecule has 2 amide bonds. The number of carbonyl (C=O) groups is 2. The Hall–Kier alpha value is -3.71. The van der Waals surface area contributed by atoms with E-state index in [0.717, 1.165) is 36.8 Å². The first-order chi connectivity index (χ1) is 16.6. The summed E-state index contributed by atoms with van der Waals surface area (Å²) >= 11 is 0. The predicted molar refractivity (Wildman–Crippen MR) is 130 cm³/mol. The van der Waals surface area contributed by atoms with Crippen LogP contribution in [0.1, 0.15) is 58.0 Å². The van der Waals surface area contributed by atoms with Gasteiger partial charge in [0, 0.05) is 24.0 Å². The van der Waals surface area contributed by atoms with Gasteiger partial charge < -0.3 is 20.5 Å². The molecule has 0 unspecified atom stereocenters. The van der Waals surface area contributed by atoms with Crippen LogP contribution in [-0.2, 0) is 0 Å². The van der Waals surface area contributed by atoms with E-state index in [4.69, 9.17) is 4.74 Å². The number of aliphatic hydroxyl groups is 1. The highest BCUT2D eigenvalue weighted by Crippen LogP contribution is 2.28. The first-order valence-electron chi connectivity index (χ1n) is 11.5. The number of amides is 2. The number of hydrogen-bond acceptors (Lipinski definition) is 5. The van der Waals surface area contributed by atoms with Gasteiger partial charge in [0.1, 0.15) is 5.75 Å². The number of hydrogen-bond donors (Lipinski definition) is 3. The zero-order chi connectivity index (χ0) is 23.9. The molecule has 1 aliphatic rings. The molecule has 3 aromatic rings. The standard InChI is InChI=1S/C27H29N3O4/c1-34-25-16-19(18-11-13-28-14-12-18)9-10-23(25)27(33)30-24(17-31)20-5-4-6-21(15-20)26(32)29-22-7-2-3-8-22/h4-6,9-16,22,24,31H,2-3,7-8,17H2,1H3,(H,29,32)(H,30,33)/t24-/m1/s1. The number of carbonyl (C=O) groups excluding carboxylic acids is 2. The van der Waals surface area contributed by atoms with Crippen LogP contribution in [0.3, 0.4) is 0 Å². The number of methoxy groups -OCH3 is 1.